The van der Waals surface area contributed by atoms with Crippen LogP contribution in [0.1, 0.15) is 12.8 Å². The van der Waals surface area contributed by atoms with E-state index in [0.29, 0.717) is 12.0 Å². The number of thioether (sulfide) groups is 1. The molecular formula is C10H14BN3S. The summed E-state index contributed by atoms with van der Waals surface area (Å²) in [5.74, 6) is 2.37. The molecule has 0 N–H and O–H groups in total. The molecule has 0 bridgehead atoms. The Morgan fingerprint density at radius 2 is 2.33 bits per heavy atom. The van der Waals surface area contributed by atoms with E-state index in [0.717, 1.165) is 25.5 Å². The van der Waals surface area contributed by atoms with E-state index < -0.39 is 0 Å². The topological polar surface area (TPSA) is 41.6 Å². The predicted octanol–water partition coefficient (Wildman–Crippen LogP) is 2.23. The SMILES string of the molecule is Cn1cc(SC2CCB(C#N)CC2)cn1. The lowest BCUT2D eigenvalue weighted by molar-refractivity contribution is 0.746. The van der Waals surface area contributed by atoms with Crippen molar-refractivity contribution in [1.82, 2.24) is 9.78 Å². The Hall–Kier alpha value is -0.885. The minimum atomic E-state index is 0.302. The zero-order valence-corrected chi connectivity index (χ0v) is 9.70. The molecule has 0 radical (unpaired) electrons. The quantitative estimate of drug-likeness (QED) is 0.716. The third-order valence-electron chi connectivity index (χ3n) is 2.84. The van der Waals surface area contributed by atoms with E-state index in [1.54, 1.807) is 0 Å². The summed E-state index contributed by atoms with van der Waals surface area (Å²) >= 11 is 1.91. The molecule has 1 fully saturated rings. The number of hydrogen-bond acceptors (Lipinski definition) is 3. The number of rotatable bonds is 2. The van der Waals surface area contributed by atoms with Crippen molar-refractivity contribution in [3.63, 3.8) is 0 Å². The molecule has 2 heterocycles. The highest BCUT2D eigenvalue weighted by atomic mass is 32.2. The summed E-state index contributed by atoms with van der Waals surface area (Å²) in [5, 5.41) is 13.6. The zero-order chi connectivity index (χ0) is 10.7. The average Bonchev–Trinajstić information content (AvgIpc) is 2.65. The zero-order valence-electron chi connectivity index (χ0n) is 8.89. The van der Waals surface area contributed by atoms with Gasteiger partial charge < -0.3 is 0 Å². The lowest BCUT2D eigenvalue weighted by Gasteiger charge is -2.21. The van der Waals surface area contributed by atoms with Crippen molar-refractivity contribution in [2.75, 3.05) is 0 Å². The Balaban J connectivity index is 1.85. The van der Waals surface area contributed by atoms with Crippen LogP contribution in [0.25, 0.3) is 0 Å². The molecule has 0 aromatic carbocycles. The highest BCUT2D eigenvalue weighted by molar-refractivity contribution is 8.00. The molecule has 15 heavy (non-hydrogen) atoms. The van der Waals surface area contributed by atoms with Crippen LogP contribution in [0.5, 0.6) is 0 Å². The second-order valence-corrected chi connectivity index (χ2v) is 5.44. The Bertz CT molecular complexity index is 363. The molecule has 1 saturated heterocycles. The number of nitrogens with zero attached hydrogens (tertiary/aromatic N) is 3. The van der Waals surface area contributed by atoms with Crippen LogP contribution in [0, 0.1) is 11.2 Å². The molecule has 3 nitrogen and oxygen atoms in total. The van der Waals surface area contributed by atoms with Crippen LogP contribution >= 0.6 is 11.8 Å². The van der Waals surface area contributed by atoms with Crippen LogP contribution in [0.4, 0.5) is 0 Å². The molecule has 0 spiro atoms. The molecule has 2 rings (SSSR count). The molecule has 1 aliphatic rings. The minimum absolute atomic E-state index is 0.302. The maximum atomic E-state index is 8.80. The molecule has 0 amide bonds. The number of hydrogen-bond donors (Lipinski definition) is 0. The van der Waals surface area contributed by atoms with Crippen molar-refractivity contribution in [1.29, 1.82) is 5.26 Å². The standard InChI is InChI=1S/C10H14BN3S/c1-14-7-10(6-13-14)15-9-2-4-11(8-12)5-3-9/h6-7,9H,2-5H2,1H3. The van der Waals surface area contributed by atoms with Gasteiger partial charge in [0.25, 0.3) is 6.71 Å². The number of nitriles is 1. The lowest BCUT2D eigenvalue weighted by atomic mass is 9.43. The normalized spacial score (nSPS) is 17.7. The summed E-state index contributed by atoms with van der Waals surface area (Å²) in [5.41, 5.74) is 0. The Morgan fingerprint density at radius 1 is 1.60 bits per heavy atom. The summed E-state index contributed by atoms with van der Waals surface area (Å²) in [6.07, 6.45) is 8.43. The van der Waals surface area contributed by atoms with Gasteiger partial charge in [0, 0.05) is 29.4 Å². The number of aromatic nitrogens is 2. The fourth-order valence-electron chi connectivity index (χ4n) is 1.96. The van der Waals surface area contributed by atoms with Crippen LogP contribution < -0.4 is 0 Å². The first-order valence-electron chi connectivity index (χ1n) is 5.33. The van der Waals surface area contributed by atoms with Gasteiger partial charge in [0.1, 0.15) is 0 Å². The molecule has 0 aliphatic carbocycles. The van der Waals surface area contributed by atoms with Crippen LogP contribution in [0.2, 0.25) is 12.6 Å². The highest BCUT2D eigenvalue weighted by Gasteiger charge is 2.24. The van der Waals surface area contributed by atoms with E-state index in [2.05, 4.69) is 17.3 Å². The van der Waals surface area contributed by atoms with Gasteiger partial charge in [0.15, 0.2) is 0 Å². The molecule has 78 valence electrons. The molecule has 1 aromatic rings. The van der Waals surface area contributed by atoms with Crippen molar-refractivity contribution in [3.8, 4) is 5.97 Å². The second-order valence-electron chi connectivity index (χ2n) is 4.07. The fourth-order valence-corrected chi connectivity index (χ4v) is 3.18. The van der Waals surface area contributed by atoms with Gasteiger partial charge in [-0.05, 0) is 12.8 Å². The van der Waals surface area contributed by atoms with Crippen LogP contribution in [-0.2, 0) is 7.05 Å². The summed E-state index contributed by atoms with van der Waals surface area (Å²) in [6.45, 7) is 0.302. The molecule has 1 aliphatic heterocycles. The first-order chi connectivity index (χ1) is 7.28. The van der Waals surface area contributed by atoms with Crippen LogP contribution in [0.3, 0.4) is 0 Å². The molecular weight excluding hydrogens is 205 g/mol. The largest absolute Gasteiger partial charge is 0.275 e. The molecule has 0 saturated carbocycles. The van der Waals surface area contributed by atoms with Gasteiger partial charge in [-0.2, -0.15) is 5.10 Å². The monoisotopic (exact) mass is 219 g/mol. The van der Waals surface area contributed by atoms with Crippen molar-refractivity contribution in [2.24, 2.45) is 7.05 Å². The van der Waals surface area contributed by atoms with E-state index >= 15 is 0 Å². The van der Waals surface area contributed by atoms with E-state index in [1.165, 1.54) is 4.90 Å². The summed E-state index contributed by atoms with van der Waals surface area (Å²) < 4.78 is 1.84. The Labute approximate surface area is 94.9 Å². The van der Waals surface area contributed by atoms with Gasteiger partial charge in [-0.3, -0.25) is 4.68 Å². The van der Waals surface area contributed by atoms with Crippen LogP contribution in [-0.4, -0.2) is 21.7 Å². The van der Waals surface area contributed by atoms with E-state index in [-0.39, 0.29) is 0 Å². The van der Waals surface area contributed by atoms with Crippen molar-refractivity contribution in [3.05, 3.63) is 12.4 Å². The maximum Gasteiger partial charge on any atom is 0.267 e. The number of aryl methyl sites for hydroxylation is 1. The molecule has 5 heteroatoms. The summed E-state index contributed by atoms with van der Waals surface area (Å²) in [6, 6.07) is 0. The first-order valence-corrected chi connectivity index (χ1v) is 6.21. The Morgan fingerprint density at radius 3 is 2.87 bits per heavy atom. The van der Waals surface area contributed by atoms with Gasteiger partial charge >= 0.3 is 0 Å². The van der Waals surface area contributed by atoms with E-state index in [4.69, 9.17) is 5.26 Å². The average molecular weight is 219 g/mol. The summed E-state index contributed by atoms with van der Waals surface area (Å²) in [7, 11) is 1.94. The van der Waals surface area contributed by atoms with E-state index in [9.17, 15) is 0 Å². The predicted molar refractivity (Wildman–Crippen MR) is 63.1 cm³/mol. The smallest absolute Gasteiger partial charge is 0.267 e. The van der Waals surface area contributed by atoms with Crippen molar-refractivity contribution in [2.45, 2.75) is 35.6 Å². The van der Waals surface area contributed by atoms with Gasteiger partial charge in [-0.15, -0.1) is 11.8 Å². The molecule has 0 unspecified atom stereocenters. The van der Waals surface area contributed by atoms with Crippen LogP contribution in [0.15, 0.2) is 17.3 Å². The molecule has 1 aromatic heterocycles. The lowest BCUT2D eigenvalue weighted by Crippen LogP contribution is -2.21. The summed E-state index contributed by atoms with van der Waals surface area (Å²) in [4.78, 5) is 1.25. The Kier molecular flexibility index (Phi) is 3.37. The molecule has 0 atom stereocenters. The van der Waals surface area contributed by atoms with Gasteiger partial charge in [0.2, 0.25) is 0 Å². The van der Waals surface area contributed by atoms with Gasteiger partial charge in [-0.1, -0.05) is 12.6 Å². The fraction of sp³-hybridized carbons (Fsp3) is 0.600. The van der Waals surface area contributed by atoms with Gasteiger partial charge in [-0.25, -0.2) is 5.26 Å². The third kappa shape index (κ3) is 2.79. The van der Waals surface area contributed by atoms with Gasteiger partial charge in [0.05, 0.1) is 6.20 Å². The van der Waals surface area contributed by atoms with Crippen molar-refractivity contribution < 1.29 is 0 Å². The third-order valence-corrected chi connectivity index (χ3v) is 4.13. The second kappa shape index (κ2) is 4.76. The first kappa shape index (κ1) is 10.6. The van der Waals surface area contributed by atoms with Crippen molar-refractivity contribution >= 4 is 18.5 Å². The highest BCUT2D eigenvalue weighted by Crippen LogP contribution is 2.33. The van der Waals surface area contributed by atoms with E-state index in [1.807, 2.05) is 29.7 Å². The maximum absolute atomic E-state index is 8.80. The minimum Gasteiger partial charge on any atom is -0.275 e.